The van der Waals surface area contributed by atoms with Crippen LogP contribution in [0.25, 0.3) is 0 Å². The van der Waals surface area contributed by atoms with Crippen molar-refractivity contribution in [1.82, 2.24) is 0 Å². The number of carbonyl (C=O) groups excluding carboxylic acids is 1. The van der Waals surface area contributed by atoms with E-state index in [0.29, 0.717) is 16.1 Å². The molecule has 0 amide bonds. The van der Waals surface area contributed by atoms with Crippen molar-refractivity contribution in [3.8, 4) is 5.75 Å². The number of rotatable bonds is 5. The summed E-state index contributed by atoms with van der Waals surface area (Å²) in [5.41, 5.74) is 0.826. The molecule has 100 valence electrons. The van der Waals surface area contributed by atoms with Crippen LogP contribution in [0, 0.1) is 0 Å². The van der Waals surface area contributed by atoms with Gasteiger partial charge in [-0.3, -0.25) is 4.79 Å². The number of methoxy groups -OCH3 is 1. The van der Waals surface area contributed by atoms with Crippen molar-refractivity contribution in [2.75, 3.05) is 7.11 Å². The maximum Gasteiger partial charge on any atom is 0.387 e. The number of ether oxygens (including phenoxy) is 2. The molecular weight excluding hydrogens is 333 g/mol. The highest BCUT2D eigenvalue weighted by Crippen LogP contribution is 2.32. The molecule has 18 heavy (non-hydrogen) atoms. The van der Waals surface area contributed by atoms with Crippen molar-refractivity contribution in [2.24, 2.45) is 0 Å². The normalized spacial score (nSPS) is 10.6. The summed E-state index contributed by atoms with van der Waals surface area (Å²) in [5, 5.41) is 0.540. The average Bonchev–Trinajstić information content (AvgIpc) is 2.32. The molecule has 0 heterocycles. The summed E-state index contributed by atoms with van der Waals surface area (Å²) in [4.78, 5) is 11.2. The number of hydrogen-bond donors (Lipinski definition) is 0. The molecule has 7 heteroatoms. The Morgan fingerprint density at radius 3 is 2.61 bits per heavy atom. The topological polar surface area (TPSA) is 35.5 Å². The van der Waals surface area contributed by atoms with Crippen molar-refractivity contribution in [1.29, 1.82) is 0 Å². The summed E-state index contributed by atoms with van der Waals surface area (Å²) in [6, 6.07) is 2.75. The summed E-state index contributed by atoms with van der Waals surface area (Å²) in [6.45, 7) is -2.94. The highest BCUT2D eigenvalue weighted by molar-refractivity contribution is 9.08. The first kappa shape index (κ1) is 15.2. The molecular formula is C11H10BrClF2O3. The number of benzene rings is 1. The van der Waals surface area contributed by atoms with Crippen LogP contribution in [0.15, 0.2) is 12.1 Å². The van der Waals surface area contributed by atoms with E-state index in [4.69, 9.17) is 11.6 Å². The van der Waals surface area contributed by atoms with Gasteiger partial charge in [-0.05, 0) is 17.7 Å². The largest absolute Gasteiger partial charge is 0.469 e. The van der Waals surface area contributed by atoms with Crippen LogP contribution in [-0.2, 0) is 21.3 Å². The van der Waals surface area contributed by atoms with Crippen LogP contribution in [0.5, 0.6) is 5.75 Å². The zero-order valence-electron chi connectivity index (χ0n) is 9.38. The van der Waals surface area contributed by atoms with Crippen molar-refractivity contribution in [3.63, 3.8) is 0 Å². The summed E-state index contributed by atoms with van der Waals surface area (Å²) >= 11 is 9.11. The molecule has 0 fully saturated rings. The predicted molar refractivity (Wildman–Crippen MR) is 66.4 cm³/mol. The zero-order chi connectivity index (χ0) is 13.7. The van der Waals surface area contributed by atoms with E-state index >= 15 is 0 Å². The summed E-state index contributed by atoms with van der Waals surface area (Å²) in [5.74, 6) is -0.515. The molecule has 0 unspecified atom stereocenters. The second kappa shape index (κ2) is 6.89. The first-order valence-corrected chi connectivity index (χ1v) is 6.37. The van der Waals surface area contributed by atoms with Crippen LogP contribution in [0.1, 0.15) is 11.1 Å². The predicted octanol–water partition coefficient (Wildman–Crippen LogP) is 3.55. The molecule has 0 saturated carbocycles. The standard InChI is InChI=1S/C11H10BrClF2O3/c1-17-10(16)4-6-7(5-12)9(18-11(14)15)3-2-8(6)13/h2-3,11H,4-5H2,1H3. The van der Waals surface area contributed by atoms with E-state index in [1.807, 2.05) is 0 Å². The van der Waals surface area contributed by atoms with Crippen molar-refractivity contribution >= 4 is 33.5 Å². The Bertz CT molecular complexity index is 441. The molecule has 3 nitrogen and oxygen atoms in total. The lowest BCUT2D eigenvalue weighted by atomic mass is 10.0. The lowest BCUT2D eigenvalue weighted by Crippen LogP contribution is -2.10. The Balaban J connectivity index is 3.16. The maximum absolute atomic E-state index is 12.2. The van der Waals surface area contributed by atoms with E-state index in [0.717, 1.165) is 0 Å². The van der Waals surface area contributed by atoms with Gasteiger partial charge in [0.2, 0.25) is 0 Å². The van der Waals surface area contributed by atoms with Gasteiger partial charge in [0.25, 0.3) is 0 Å². The van der Waals surface area contributed by atoms with Crippen molar-refractivity contribution in [2.45, 2.75) is 18.4 Å². The van der Waals surface area contributed by atoms with Gasteiger partial charge in [0.05, 0.1) is 13.5 Å². The molecule has 0 aliphatic carbocycles. The molecule has 0 aliphatic heterocycles. The fourth-order valence-corrected chi connectivity index (χ4v) is 2.26. The van der Waals surface area contributed by atoms with Gasteiger partial charge in [-0.1, -0.05) is 27.5 Å². The van der Waals surface area contributed by atoms with Crippen LogP contribution in [-0.4, -0.2) is 19.7 Å². The van der Waals surface area contributed by atoms with Gasteiger partial charge >= 0.3 is 12.6 Å². The fourth-order valence-electron chi connectivity index (χ4n) is 1.40. The minimum atomic E-state index is -2.94. The molecule has 0 N–H and O–H groups in total. The molecule has 0 spiro atoms. The van der Waals surface area contributed by atoms with Gasteiger partial charge < -0.3 is 9.47 Å². The Kier molecular flexibility index (Phi) is 5.81. The van der Waals surface area contributed by atoms with Gasteiger partial charge in [0, 0.05) is 15.9 Å². The highest BCUT2D eigenvalue weighted by Gasteiger charge is 2.18. The van der Waals surface area contributed by atoms with Crippen LogP contribution in [0.3, 0.4) is 0 Å². The van der Waals surface area contributed by atoms with Crippen LogP contribution in [0.4, 0.5) is 8.78 Å². The van der Waals surface area contributed by atoms with E-state index < -0.39 is 12.6 Å². The Labute approximate surface area is 116 Å². The van der Waals surface area contributed by atoms with Crippen LogP contribution in [0.2, 0.25) is 5.02 Å². The van der Waals surface area contributed by atoms with E-state index in [2.05, 4.69) is 25.4 Å². The molecule has 0 bridgehead atoms. The molecule has 0 aromatic heterocycles. The van der Waals surface area contributed by atoms with Crippen LogP contribution >= 0.6 is 27.5 Å². The SMILES string of the molecule is COC(=O)Cc1c(Cl)ccc(OC(F)F)c1CBr. The Hall–Kier alpha value is -0.880. The molecule has 0 aliphatic rings. The van der Waals surface area contributed by atoms with E-state index in [9.17, 15) is 13.6 Å². The van der Waals surface area contributed by atoms with Gasteiger partial charge in [-0.2, -0.15) is 8.78 Å². The van der Waals surface area contributed by atoms with E-state index in [1.54, 1.807) is 0 Å². The lowest BCUT2D eigenvalue weighted by Gasteiger charge is -2.14. The molecule has 1 aromatic rings. The number of carbonyl (C=O) groups is 1. The minimum Gasteiger partial charge on any atom is -0.469 e. The van der Waals surface area contributed by atoms with E-state index in [1.165, 1.54) is 19.2 Å². The maximum atomic E-state index is 12.2. The monoisotopic (exact) mass is 342 g/mol. The molecule has 1 aromatic carbocycles. The first-order valence-electron chi connectivity index (χ1n) is 4.87. The first-order chi connectivity index (χ1) is 8.49. The minimum absolute atomic E-state index is 0.00909. The van der Waals surface area contributed by atoms with E-state index in [-0.39, 0.29) is 17.5 Å². The third kappa shape index (κ3) is 3.81. The summed E-state index contributed by atoms with van der Waals surface area (Å²) in [6.07, 6.45) is -0.100. The summed E-state index contributed by atoms with van der Waals surface area (Å²) < 4.78 is 33.4. The lowest BCUT2D eigenvalue weighted by molar-refractivity contribution is -0.139. The second-order valence-corrected chi connectivity index (χ2v) is 4.24. The Morgan fingerprint density at radius 2 is 2.11 bits per heavy atom. The average molecular weight is 344 g/mol. The number of alkyl halides is 3. The molecule has 0 radical (unpaired) electrons. The van der Waals surface area contributed by atoms with Gasteiger partial charge in [0.15, 0.2) is 0 Å². The van der Waals surface area contributed by atoms with Gasteiger partial charge in [0.1, 0.15) is 5.75 Å². The molecule has 0 saturated heterocycles. The number of halogens is 4. The zero-order valence-corrected chi connectivity index (χ0v) is 11.7. The second-order valence-electron chi connectivity index (χ2n) is 3.27. The molecule has 1 rings (SSSR count). The summed E-state index contributed by atoms with van der Waals surface area (Å²) in [7, 11) is 1.24. The van der Waals surface area contributed by atoms with Crippen molar-refractivity contribution in [3.05, 3.63) is 28.3 Å². The fraction of sp³-hybridized carbons (Fsp3) is 0.364. The highest BCUT2D eigenvalue weighted by atomic mass is 79.9. The quantitative estimate of drug-likeness (QED) is 0.606. The number of hydrogen-bond acceptors (Lipinski definition) is 3. The third-order valence-electron chi connectivity index (χ3n) is 2.23. The Morgan fingerprint density at radius 1 is 1.44 bits per heavy atom. The van der Waals surface area contributed by atoms with Crippen molar-refractivity contribution < 1.29 is 23.0 Å². The van der Waals surface area contributed by atoms with Gasteiger partial charge in [-0.15, -0.1) is 0 Å². The smallest absolute Gasteiger partial charge is 0.387 e. The number of esters is 1. The van der Waals surface area contributed by atoms with Crippen LogP contribution < -0.4 is 4.74 Å². The third-order valence-corrected chi connectivity index (χ3v) is 3.14. The molecule has 0 atom stereocenters. The van der Waals surface area contributed by atoms with Gasteiger partial charge in [-0.25, -0.2) is 0 Å².